The number of ether oxygens (including phenoxy) is 1. The molecule has 1 fully saturated rings. The van der Waals surface area contributed by atoms with E-state index >= 15 is 0 Å². The molecule has 1 aromatic rings. The van der Waals surface area contributed by atoms with Crippen LogP contribution in [0.4, 0.5) is 5.69 Å². The Morgan fingerprint density at radius 3 is 2.65 bits per heavy atom. The average molecular weight is 276 g/mol. The Kier molecular flexibility index (Phi) is 4.59. The summed E-state index contributed by atoms with van der Waals surface area (Å²) >= 11 is 0. The first kappa shape index (κ1) is 15.2. The normalized spacial score (nSPS) is 20.6. The van der Waals surface area contributed by atoms with Gasteiger partial charge in [0, 0.05) is 24.8 Å². The van der Waals surface area contributed by atoms with Crippen LogP contribution >= 0.6 is 0 Å². The van der Waals surface area contributed by atoms with E-state index < -0.39 is 0 Å². The monoisotopic (exact) mass is 276 g/mol. The third-order valence-corrected chi connectivity index (χ3v) is 4.19. The first-order valence-electron chi connectivity index (χ1n) is 7.55. The molecular weight excluding hydrogens is 248 g/mol. The largest absolute Gasteiger partial charge is 0.497 e. The number of methoxy groups -OCH3 is 1. The topological polar surface area (TPSA) is 24.5 Å². The molecule has 0 aromatic heterocycles. The van der Waals surface area contributed by atoms with E-state index in [-0.39, 0.29) is 5.41 Å². The van der Waals surface area contributed by atoms with Gasteiger partial charge in [-0.25, -0.2) is 0 Å². The lowest BCUT2D eigenvalue weighted by Crippen LogP contribution is -2.46. The van der Waals surface area contributed by atoms with E-state index in [4.69, 9.17) is 4.74 Å². The molecule has 0 aliphatic carbocycles. The number of nitrogens with one attached hydrogen (secondary N) is 1. The van der Waals surface area contributed by atoms with Gasteiger partial charge < -0.3 is 15.0 Å². The van der Waals surface area contributed by atoms with Crippen molar-refractivity contribution in [3.05, 3.63) is 23.8 Å². The van der Waals surface area contributed by atoms with E-state index in [1.165, 1.54) is 17.7 Å². The molecule has 20 heavy (non-hydrogen) atoms. The van der Waals surface area contributed by atoms with Gasteiger partial charge in [0.2, 0.25) is 0 Å². The van der Waals surface area contributed by atoms with Crippen molar-refractivity contribution in [3.63, 3.8) is 0 Å². The molecule has 112 valence electrons. The van der Waals surface area contributed by atoms with Crippen molar-refractivity contribution in [2.24, 2.45) is 5.41 Å². The van der Waals surface area contributed by atoms with Crippen molar-refractivity contribution < 1.29 is 4.74 Å². The van der Waals surface area contributed by atoms with Crippen LogP contribution in [0.2, 0.25) is 0 Å². The van der Waals surface area contributed by atoms with Crippen molar-refractivity contribution >= 4 is 5.69 Å². The number of hydrogen-bond donors (Lipinski definition) is 1. The molecule has 1 N–H and O–H groups in total. The van der Waals surface area contributed by atoms with E-state index in [2.05, 4.69) is 56.1 Å². The highest BCUT2D eigenvalue weighted by Gasteiger charge is 2.28. The summed E-state index contributed by atoms with van der Waals surface area (Å²) in [6, 6.07) is 6.90. The van der Waals surface area contributed by atoms with Gasteiger partial charge in [0.1, 0.15) is 5.75 Å². The first-order chi connectivity index (χ1) is 9.41. The van der Waals surface area contributed by atoms with Crippen LogP contribution in [0.25, 0.3) is 0 Å². The highest BCUT2D eigenvalue weighted by Crippen LogP contribution is 2.28. The van der Waals surface area contributed by atoms with Crippen LogP contribution < -0.4 is 15.0 Å². The average Bonchev–Trinajstić information content (AvgIpc) is 2.63. The molecule has 1 heterocycles. The second kappa shape index (κ2) is 6.04. The Bertz CT molecular complexity index is 451. The van der Waals surface area contributed by atoms with Gasteiger partial charge in [0.15, 0.2) is 0 Å². The summed E-state index contributed by atoms with van der Waals surface area (Å²) in [4.78, 5) is 2.52. The minimum absolute atomic E-state index is 0.281. The zero-order valence-corrected chi connectivity index (χ0v) is 13.5. The number of anilines is 1. The molecule has 0 amide bonds. The highest BCUT2D eigenvalue weighted by molar-refractivity contribution is 5.56. The van der Waals surface area contributed by atoms with Crippen LogP contribution in [0, 0.1) is 12.3 Å². The van der Waals surface area contributed by atoms with Crippen LogP contribution in [0.3, 0.4) is 0 Å². The van der Waals surface area contributed by atoms with E-state index in [0.717, 1.165) is 25.4 Å². The summed E-state index contributed by atoms with van der Waals surface area (Å²) in [7, 11) is 1.72. The van der Waals surface area contributed by atoms with Gasteiger partial charge >= 0.3 is 0 Å². The summed E-state index contributed by atoms with van der Waals surface area (Å²) in [5.74, 6) is 0.937. The van der Waals surface area contributed by atoms with Gasteiger partial charge in [-0.3, -0.25) is 0 Å². The quantitative estimate of drug-likeness (QED) is 0.897. The molecular formula is C17H28N2O. The lowest BCUT2D eigenvalue weighted by molar-refractivity contribution is 0.280. The number of hydrogen-bond acceptors (Lipinski definition) is 3. The maximum absolute atomic E-state index is 5.31. The maximum Gasteiger partial charge on any atom is 0.119 e. The van der Waals surface area contributed by atoms with E-state index in [9.17, 15) is 0 Å². The molecule has 1 aromatic carbocycles. The molecule has 3 heteroatoms. The van der Waals surface area contributed by atoms with Gasteiger partial charge in [0.05, 0.1) is 7.11 Å². The minimum atomic E-state index is 0.281. The van der Waals surface area contributed by atoms with Crippen molar-refractivity contribution in [1.29, 1.82) is 0 Å². The summed E-state index contributed by atoms with van der Waals surface area (Å²) in [6.07, 6.45) is 1.19. The Morgan fingerprint density at radius 2 is 2.05 bits per heavy atom. The minimum Gasteiger partial charge on any atom is -0.497 e. The van der Waals surface area contributed by atoms with Crippen molar-refractivity contribution in [2.75, 3.05) is 31.6 Å². The molecule has 0 spiro atoms. The van der Waals surface area contributed by atoms with Crippen molar-refractivity contribution in [2.45, 2.75) is 40.2 Å². The molecule has 0 saturated carbocycles. The predicted octanol–water partition coefficient (Wildman–Crippen LogP) is 3.22. The van der Waals surface area contributed by atoms with E-state index in [1.807, 2.05) is 0 Å². The molecule has 1 unspecified atom stereocenters. The number of nitrogens with zero attached hydrogens (tertiary/aromatic N) is 1. The molecule has 0 radical (unpaired) electrons. The lowest BCUT2D eigenvalue weighted by Gasteiger charge is -2.35. The molecule has 0 bridgehead atoms. The Morgan fingerprint density at radius 1 is 1.30 bits per heavy atom. The highest BCUT2D eigenvalue weighted by atomic mass is 16.5. The Labute approximate surface area is 123 Å². The van der Waals surface area contributed by atoms with Crippen LogP contribution in [0.5, 0.6) is 5.75 Å². The second-order valence-corrected chi connectivity index (χ2v) is 6.82. The zero-order valence-electron chi connectivity index (χ0n) is 13.5. The van der Waals surface area contributed by atoms with Crippen molar-refractivity contribution in [3.8, 4) is 5.75 Å². The van der Waals surface area contributed by atoms with Gasteiger partial charge in [0.25, 0.3) is 0 Å². The van der Waals surface area contributed by atoms with Crippen LogP contribution in [0.15, 0.2) is 18.2 Å². The lowest BCUT2D eigenvalue weighted by atomic mass is 9.86. The fourth-order valence-corrected chi connectivity index (χ4v) is 2.83. The Hall–Kier alpha value is -1.22. The van der Waals surface area contributed by atoms with Crippen LogP contribution in [0.1, 0.15) is 32.8 Å². The van der Waals surface area contributed by atoms with Crippen LogP contribution in [-0.4, -0.2) is 32.8 Å². The second-order valence-electron chi connectivity index (χ2n) is 6.82. The summed E-state index contributed by atoms with van der Waals surface area (Å²) < 4.78 is 5.31. The number of rotatable bonds is 2. The summed E-state index contributed by atoms with van der Waals surface area (Å²) in [6.45, 7) is 12.4. The Balaban J connectivity index is 2.22. The summed E-state index contributed by atoms with van der Waals surface area (Å²) in [5, 5.41) is 3.70. The van der Waals surface area contributed by atoms with Gasteiger partial charge in [-0.15, -0.1) is 0 Å². The molecule has 1 saturated heterocycles. The van der Waals surface area contributed by atoms with Gasteiger partial charge in [-0.05, 0) is 49.1 Å². The smallest absolute Gasteiger partial charge is 0.119 e. The fourth-order valence-electron chi connectivity index (χ4n) is 2.83. The zero-order chi connectivity index (χ0) is 14.8. The standard InChI is InChI=1S/C17H28N2O/c1-13-11-14(20-5)7-8-15(13)19-10-6-9-18-16(12-19)17(2,3)4/h7-8,11,16,18H,6,9-10,12H2,1-5H3. The molecule has 3 nitrogen and oxygen atoms in total. The number of aryl methyl sites for hydroxylation is 1. The third kappa shape index (κ3) is 3.45. The molecule has 1 atom stereocenters. The van der Waals surface area contributed by atoms with Gasteiger partial charge in [-0.2, -0.15) is 0 Å². The van der Waals surface area contributed by atoms with Gasteiger partial charge in [-0.1, -0.05) is 20.8 Å². The third-order valence-electron chi connectivity index (χ3n) is 4.19. The van der Waals surface area contributed by atoms with Crippen LogP contribution in [-0.2, 0) is 0 Å². The molecule has 1 aliphatic heterocycles. The fraction of sp³-hybridized carbons (Fsp3) is 0.647. The summed E-state index contributed by atoms with van der Waals surface area (Å²) in [5.41, 5.74) is 2.91. The van der Waals surface area contributed by atoms with E-state index in [1.54, 1.807) is 7.11 Å². The molecule has 2 rings (SSSR count). The molecule has 1 aliphatic rings. The first-order valence-corrected chi connectivity index (χ1v) is 7.55. The number of benzene rings is 1. The maximum atomic E-state index is 5.31. The SMILES string of the molecule is COc1ccc(N2CCCNC(C(C)(C)C)C2)c(C)c1. The van der Waals surface area contributed by atoms with Crippen molar-refractivity contribution in [1.82, 2.24) is 5.32 Å². The van der Waals surface area contributed by atoms with E-state index in [0.29, 0.717) is 6.04 Å². The predicted molar refractivity (Wildman–Crippen MR) is 85.8 cm³/mol.